The molecule has 1 amide bonds. The fourth-order valence-corrected chi connectivity index (χ4v) is 2.49. The lowest BCUT2D eigenvalue weighted by Crippen LogP contribution is -2.39. The number of carbonyl (C=O) groups is 1. The van der Waals surface area contributed by atoms with Gasteiger partial charge in [0.15, 0.2) is 0 Å². The molecule has 0 aromatic heterocycles. The molecule has 0 bridgehead atoms. The number of sulfonamides is 1. The van der Waals surface area contributed by atoms with Gasteiger partial charge in [-0.15, -0.1) is 0 Å². The maximum absolute atomic E-state index is 11.3. The molecule has 0 radical (unpaired) electrons. The van der Waals surface area contributed by atoms with Gasteiger partial charge in [0.05, 0.1) is 12.6 Å². The largest absolute Gasteiger partial charge is 0.390 e. The number of hydrogen-bond acceptors (Lipinski definition) is 3. The average molecular weight is 233 g/mol. The van der Waals surface area contributed by atoms with Crippen LogP contribution in [0.4, 0.5) is 0 Å². The Kier molecular flexibility index (Phi) is 3.81. The van der Waals surface area contributed by atoms with E-state index in [0.29, 0.717) is 25.9 Å². The fourth-order valence-electron chi connectivity index (χ4n) is 1.61. The lowest BCUT2D eigenvalue weighted by atomic mass is 9.98. The van der Waals surface area contributed by atoms with Gasteiger partial charge in [-0.05, 0) is 12.8 Å². The first-order valence-electron chi connectivity index (χ1n) is 4.68. The van der Waals surface area contributed by atoms with Gasteiger partial charge in [-0.1, -0.05) is 0 Å². The number of piperidine rings is 1. The molecule has 0 atom stereocenters. The highest BCUT2D eigenvalue weighted by Gasteiger charge is 2.28. The van der Waals surface area contributed by atoms with Gasteiger partial charge in [0, 0.05) is 19.0 Å². The zero-order valence-electron chi connectivity index (χ0n) is 8.59. The van der Waals surface area contributed by atoms with Crippen molar-refractivity contribution in [1.82, 2.24) is 4.31 Å². The van der Waals surface area contributed by atoms with E-state index >= 15 is 0 Å². The summed E-state index contributed by atoms with van der Waals surface area (Å²) in [5.41, 5.74) is 5.01. The Labute approximate surface area is 89.2 Å². The summed E-state index contributed by atoms with van der Waals surface area (Å²) in [7, 11) is -3.13. The summed E-state index contributed by atoms with van der Waals surface area (Å²) in [6.07, 6.45) is 3.19. The van der Waals surface area contributed by atoms with Crippen molar-refractivity contribution in [2.45, 2.75) is 12.8 Å². The van der Waals surface area contributed by atoms with E-state index in [4.69, 9.17) is 5.73 Å². The standard InChI is InChI=1S/C8H15N3O3S/c1-15(13,14)11-4-2-7(3-5-11)8(12)10-6-9/h6-7H,2-5H2,1H3,(H2,9,10,12). The Morgan fingerprint density at radius 3 is 2.40 bits per heavy atom. The lowest BCUT2D eigenvalue weighted by molar-refractivity contribution is -0.122. The third-order valence-corrected chi connectivity index (χ3v) is 3.78. The molecular formula is C8H15N3O3S. The minimum atomic E-state index is -3.13. The number of nitrogens with zero attached hydrogens (tertiary/aromatic N) is 2. The lowest BCUT2D eigenvalue weighted by Gasteiger charge is -2.28. The molecule has 0 spiro atoms. The Morgan fingerprint density at radius 1 is 1.47 bits per heavy atom. The molecular weight excluding hydrogens is 218 g/mol. The van der Waals surface area contributed by atoms with Crippen LogP contribution < -0.4 is 5.73 Å². The summed E-state index contributed by atoms with van der Waals surface area (Å²) in [4.78, 5) is 14.8. The zero-order chi connectivity index (χ0) is 11.5. The monoisotopic (exact) mass is 233 g/mol. The molecule has 15 heavy (non-hydrogen) atoms. The van der Waals surface area contributed by atoms with E-state index < -0.39 is 10.0 Å². The van der Waals surface area contributed by atoms with Crippen LogP contribution in [0, 0.1) is 5.92 Å². The number of aliphatic imine (C=N–C) groups is 1. The van der Waals surface area contributed by atoms with Crippen LogP contribution >= 0.6 is 0 Å². The molecule has 1 heterocycles. The minimum Gasteiger partial charge on any atom is -0.390 e. The first-order chi connectivity index (χ1) is 6.95. The molecule has 1 aliphatic rings. The van der Waals surface area contributed by atoms with Crippen LogP contribution in [0.3, 0.4) is 0 Å². The second-order valence-electron chi connectivity index (χ2n) is 3.55. The van der Waals surface area contributed by atoms with Crippen LogP contribution in [-0.2, 0) is 14.8 Å². The van der Waals surface area contributed by atoms with Crippen molar-refractivity contribution < 1.29 is 13.2 Å². The quantitative estimate of drug-likeness (QED) is 0.497. The van der Waals surface area contributed by atoms with E-state index in [0.717, 1.165) is 6.34 Å². The molecule has 2 N–H and O–H groups in total. The molecule has 0 aromatic rings. The van der Waals surface area contributed by atoms with Gasteiger partial charge in [-0.25, -0.2) is 17.7 Å². The number of hydrogen-bond donors (Lipinski definition) is 1. The van der Waals surface area contributed by atoms with E-state index in [9.17, 15) is 13.2 Å². The number of rotatable bonds is 2. The van der Waals surface area contributed by atoms with Crippen LogP contribution in [0.15, 0.2) is 4.99 Å². The van der Waals surface area contributed by atoms with Crippen molar-refractivity contribution in [1.29, 1.82) is 0 Å². The molecule has 0 unspecified atom stereocenters. The molecule has 86 valence electrons. The Hall–Kier alpha value is -0.950. The summed E-state index contributed by atoms with van der Waals surface area (Å²) >= 11 is 0. The first-order valence-corrected chi connectivity index (χ1v) is 6.53. The summed E-state index contributed by atoms with van der Waals surface area (Å²) in [6, 6.07) is 0. The van der Waals surface area contributed by atoms with Crippen LogP contribution in [0.25, 0.3) is 0 Å². The van der Waals surface area contributed by atoms with Crippen molar-refractivity contribution in [3.63, 3.8) is 0 Å². The second-order valence-corrected chi connectivity index (χ2v) is 5.54. The highest BCUT2D eigenvalue weighted by atomic mass is 32.2. The van der Waals surface area contributed by atoms with Crippen LogP contribution in [0.5, 0.6) is 0 Å². The summed E-state index contributed by atoms with van der Waals surface area (Å²) < 4.78 is 23.7. The van der Waals surface area contributed by atoms with E-state index in [1.165, 1.54) is 10.6 Å². The smallest absolute Gasteiger partial charge is 0.250 e. The Balaban J connectivity index is 2.53. The van der Waals surface area contributed by atoms with Crippen molar-refractivity contribution in [2.75, 3.05) is 19.3 Å². The molecule has 0 aromatic carbocycles. The Morgan fingerprint density at radius 2 is 2.00 bits per heavy atom. The molecule has 6 nitrogen and oxygen atoms in total. The average Bonchev–Trinajstić information content (AvgIpc) is 2.17. The third kappa shape index (κ3) is 3.28. The SMILES string of the molecule is CS(=O)(=O)N1CCC(C(=O)N=CN)CC1. The van der Waals surface area contributed by atoms with Gasteiger partial charge in [-0.3, -0.25) is 4.79 Å². The van der Waals surface area contributed by atoms with Gasteiger partial charge in [0.1, 0.15) is 0 Å². The van der Waals surface area contributed by atoms with Crippen molar-refractivity contribution in [2.24, 2.45) is 16.6 Å². The van der Waals surface area contributed by atoms with Crippen LogP contribution in [0.1, 0.15) is 12.8 Å². The van der Waals surface area contributed by atoms with Gasteiger partial charge in [-0.2, -0.15) is 0 Å². The van der Waals surface area contributed by atoms with E-state index in [-0.39, 0.29) is 11.8 Å². The molecule has 1 fully saturated rings. The fraction of sp³-hybridized carbons (Fsp3) is 0.750. The summed E-state index contributed by atoms with van der Waals surface area (Å²) in [5, 5.41) is 0. The number of amides is 1. The highest BCUT2D eigenvalue weighted by Crippen LogP contribution is 2.19. The van der Waals surface area contributed by atoms with E-state index in [2.05, 4.69) is 4.99 Å². The van der Waals surface area contributed by atoms with Crippen LogP contribution in [-0.4, -0.2) is 44.3 Å². The molecule has 0 aliphatic carbocycles. The predicted octanol–water partition coefficient (Wildman–Crippen LogP) is -0.828. The van der Waals surface area contributed by atoms with Crippen molar-refractivity contribution in [3.8, 4) is 0 Å². The maximum Gasteiger partial charge on any atom is 0.250 e. The van der Waals surface area contributed by atoms with Crippen molar-refractivity contribution in [3.05, 3.63) is 0 Å². The summed E-state index contributed by atoms with van der Waals surface area (Å²) in [5.74, 6) is -0.451. The minimum absolute atomic E-state index is 0.192. The molecule has 0 saturated carbocycles. The summed E-state index contributed by atoms with van der Waals surface area (Å²) in [6.45, 7) is 0.769. The van der Waals surface area contributed by atoms with Crippen LogP contribution in [0.2, 0.25) is 0 Å². The predicted molar refractivity (Wildman–Crippen MR) is 56.8 cm³/mol. The molecule has 1 aliphatic heterocycles. The third-order valence-electron chi connectivity index (χ3n) is 2.47. The van der Waals surface area contributed by atoms with E-state index in [1.54, 1.807) is 0 Å². The van der Waals surface area contributed by atoms with Gasteiger partial charge < -0.3 is 5.73 Å². The first kappa shape index (κ1) is 12.1. The van der Waals surface area contributed by atoms with Gasteiger partial charge >= 0.3 is 0 Å². The molecule has 1 rings (SSSR count). The van der Waals surface area contributed by atoms with Crippen molar-refractivity contribution >= 4 is 22.3 Å². The zero-order valence-corrected chi connectivity index (χ0v) is 9.40. The topological polar surface area (TPSA) is 92.8 Å². The highest BCUT2D eigenvalue weighted by molar-refractivity contribution is 7.88. The molecule has 1 saturated heterocycles. The van der Waals surface area contributed by atoms with E-state index in [1.807, 2.05) is 0 Å². The van der Waals surface area contributed by atoms with Gasteiger partial charge in [0.25, 0.3) is 0 Å². The Bertz CT molecular complexity index is 355. The maximum atomic E-state index is 11.3. The van der Waals surface area contributed by atoms with Gasteiger partial charge in [0.2, 0.25) is 15.9 Å². The second kappa shape index (κ2) is 4.71. The normalized spacial score (nSPS) is 20.9. The molecule has 7 heteroatoms. The number of nitrogens with two attached hydrogens (primary N) is 1. The number of carbonyl (C=O) groups excluding carboxylic acids is 1.